The molecule has 0 saturated heterocycles. The molecule has 0 heterocycles. The zero-order chi connectivity index (χ0) is 18.4. The molecule has 2 rings (SSSR count). The van der Waals surface area contributed by atoms with E-state index in [0.717, 1.165) is 11.1 Å². The number of nitrogens with one attached hydrogen (secondary N) is 1. The molecule has 25 heavy (non-hydrogen) atoms. The Kier molecular flexibility index (Phi) is 6.30. The van der Waals surface area contributed by atoms with Crippen molar-refractivity contribution in [1.29, 1.82) is 0 Å². The molecule has 0 aliphatic carbocycles. The fourth-order valence-corrected chi connectivity index (χ4v) is 3.67. The Balaban J connectivity index is 2.22. The largest absolute Gasteiger partial charge is 0.480 e. The van der Waals surface area contributed by atoms with Crippen LogP contribution in [0, 0.1) is 0 Å². The summed E-state index contributed by atoms with van der Waals surface area (Å²) < 4.78 is 26.9. The number of carboxylic acid groups (broad SMARTS) is 1. The van der Waals surface area contributed by atoms with E-state index in [2.05, 4.69) is 4.72 Å². The van der Waals surface area contributed by atoms with Crippen molar-refractivity contribution in [3.8, 4) is 11.1 Å². The van der Waals surface area contributed by atoms with E-state index >= 15 is 0 Å². The van der Waals surface area contributed by atoms with Crippen molar-refractivity contribution in [2.24, 2.45) is 0 Å². The number of aliphatic carboxylic acids is 1. The summed E-state index contributed by atoms with van der Waals surface area (Å²) in [4.78, 5) is 11.2. The first kappa shape index (κ1) is 19.1. The van der Waals surface area contributed by atoms with Crippen LogP contribution in [0.25, 0.3) is 11.1 Å². The number of aliphatic hydroxyl groups excluding tert-OH is 1. The van der Waals surface area contributed by atoms with Crippen LogP contribution in [0.15, 0.2) is 59.5 Å². The van der Waals surface area contributed by atoms with Gasteiger partial charge in [-0.1, -0.05) is 55.8 Å². The minimum Gasteiger partial charge on any atom is -0.480 e. The Bertz CT molecular complexity index is 803. The molecule has 0 aromatic heterocycles. The fraction of sp³-hybridized carbons (Fsp3) is 0.278. The number of benzene rings is 2. The van der Waals surface area contributed by atoms with Gasteiger partial charge in [0.1, 0.15) is 6.04 Å². The maximum Gasteiger partial charge on any atom is 0.324 e. The Morgan fingerprint density at radius 2 is 1.60 bits per heavy atom. The number of sulfonamides is 1. The number of aliphatic hydroxyl groups is 1. The van der Waals surface area contributed by atoms with Gasteiger partial charge in [0.05, 0.1) is 11.0 Å². The third kappa shape index (κ3) is 4.88. The van der Waals surface area contributed by atoms with Crippen molar-refractivity contribution < 1.29 is 23.4 Å². The lowest BCUT2D eigenvalue weighted by atomic mass is 10.1. The minimum atomic E-state index is -4.06. The molecule has 2 aromatic rings. The number of carboxylic acids is 1. The molecule has 0 radical (unpaired) electrons. The lowest BCUT2D eigenvalue weighted by molar-refractivity contribution is -0.141. The van der Waals surface area contributed by atoms with Gasteiger partial charge in [0.25, 0.3) is 0 Å². The number of carbonyl (C=O) groups is 1. The standard InChI is InChI=1S/C18H21NO5S/c1-2-6-16(20)17(18(21)22)19-25(23,24)15-11-9-14(10-12-15)13-7-4-3-5-8-13/h3-5,7-12,16-17,19-20H,2,6H2,1H3,(H,21,22). The summed E-state index contributed by atoms with van der Waals surface area (Å²) in [5, 5.41) is 19.1. The van der Waals surface area contributed by atoms with Gasteiger partial charge in [0.2, 0.25) is 10.0 Å². The molecule has 2 unspecified atom stereocenters. The summed E-state index contributed by atoms with van der Waals surface area (Å²) in [6, 6.07) is 14.0. The van der Waals surface area contributed by atoms with Gasteiger partial charge < -0.3 is 10.2 Å². The quantitative estimate of drug-likeness (QED) is 0.667. The van der Waals surface area contributed by atoms with E-state index in [-0.39, 0.29) is 11.3 Å². The predicted molar refractivity (Wildman–Crippen MR) is 94.5 cm³/mol. The van der Waals surface area contributed by atoms with Crippen LogP contribution in [0.4, 0.5) is 0 Å². The van der Waals surface area contributed by atoms with E-state index in [4.69, 9.17) is 0 Å². The normalized spacial score (nSPS) is 14.0. The smallest absolute Gasteiger partial charge is 0.324 e. The highest BCUT2D eigenvalue weighted by Crippen LogP contribution is 2.21. The van der Waals surface area contributed by atoms with Crippen molar-refractivity contribution >= 4 is 16.0 Å². The first-order chi connectivity index (χ1) is 11.8. The van der Waals surface area contributed by atoms with Gasteiger partial charge in [-0.2, -0.15) is 4.72 Å². The summed E-state index contributed by atoms with van der Waals surface area (Å²) in [7, 11) is -4.06. The van der Waals surface area contributed by atoms with E-state index in [1.807, 2.05) is 30.3 Å². The SMILES string of the molecule is CCCC(O)C(NS(=O)(=O)c1ccc(-c2ccccc2)cc1)C(=O)O. The highest BCUT2D eigenvalue weighted by atomic mass is 32.2. The van der Waals surface area contributed by atoms with E-state index in [9.17, 15) is 23.4 Å². The van der Waals surface area contributed by atoms with Crippen LogP contribution in [0.3, 0.4) is 0 Å². The molecule has 0 aliphatic heterocycles. The van der Waals surface area contributed by atoms with Crippen molar-refractivity contribution in [2.45, 2.75) is 36.8 Å². The van der Waals surface area contributed by atoms with Crippen LogP contribution in [0.2, 0.25) is 0 Å². The van der Waals surface area contributed by atoms with Crippen molar-refractivity contribution in [3.63, 3.8) is 0 Å². The zero-order valence-corrected chi connectivity index (χ0v) is 14.6. The van der Waals surface area contributed by atoms with Crippen LogP contribution < -0.4 is 4.72 Å². The molecular formula is C18H21NO5S. The van der Waals surface area contributed by atoms with Crippen LogP contribution in [-0.2, 0) is 14.8 Å². The highest BCUT2D eigenvalue weighted by molar-refractivity contribution is 7.89. The minimum absolute atomic E-state index is 0.0536. The van der Waals surface area contributed by atoms with Gasteiger partial charge in [0, 0.05) is 0 Å². The lowest BCUT2D eigenvalue weighted by Gasteiger charge is -2.20. The van der Waals surface area contributed by atoms with Crippen molar-refractivity contribution in [1.82, 2.24) is 4.72 Å². The first-order valence-electron chi connectivity index (χ1n) is 7.94. The molecule has 3 N–H and O–H groups in total. The fourth-order valence-electron chi connectivity index (χ4n) is 2.45. The molecule has 0 spiro atoms. The monoisotopic (exact) mass is 363 g/mol. The van der Waals surface area contributed by atoms with Gasteiger partial charge in [-0.15, -0.1) is 0 Å². The predicted octanol–water partition coefficient (Wildman–Crippen LogP) is 2.25. The topological polar surface area (TPSA) is 104 Å². The van der Waals surface area contributed by atoms with E-state index in [0.29, 0.717) is 6.42 Å². The second kappa shape index (κ2) is 8.24. The molecule has 2 atom stereocenters. The lowest BCUT2D eigenvalue weighted by Crippen LogP contribution is -2.48. The summed E-state index contributed by atoms with van der Waals surface area (Å²) in [6.07, 6.45) is -0.564. The van der Waals surface area contributed by atoms with E-state index in [1.54, 1.807) is 19.1 Å². The first-order valence-corrected chi connectivity index (χ1v) is 9.42. The summed E-state index contributed by atoms with van der Waals surface area (Å²) in [6.45, 7) is 1.78. The number of rotatable bonds is 8. The van der Waals surface area contributed by atoms with Crippen LogP contribution in [-0.4, -0.2) is 36.7 Å². The molecule has 6 nitrogen and oxygen atoms in total. The second-order valence-electron chi connectivity index (χ2n) is 5.68. The van der Waals surface area contributed by atoms with Gasteiger partial charge in [0.15, 0.2) is 0 Å². The molecule has 0 amide bonds. The van der Waals surface area contributed by atoms with Crippen molar-refractivity contribution in [3.05, 3.63) is 54.6 Å². The molecule has 2 aromatic carbocycles. The van der Waals surface area contributed by atoms with Crippen molar-refractivity contribution in [2.75, 3.05) is 0 Å². The maximum absolute atomic E-state index is 12.4. The van der Waals surface area contributed by atoms with Crippen LogP contribution in [0.5, 0.6) is 0 Å². The average molecular weight is 363 g/mol. The second-order valence-corrected chi connectivity index (χ2v) is 7.40. The van der Waals surface area contributed by atoms with Gasteiger partial charge >= 0.3 is 5.97 Å². The molecule has 0 bridgehead atoms. The van der Waals surface area contributed by atoms with Gasteiger partial charge in [-0.05, 0) is 29.7 Å². The highest BCUT2D eigenvalue weighted by Gasteiger charge is 2.31. The zero-order valence-electron chi connectivity index (χ0n) is 13.8. The summed E-state index contributed by atoms with van der Waals surface area (Å²) in [5.41, 5.74) is 1.79. The molecule has 0 saturated carbocycles. The third-order valence-electron chi connectivity index (χ3n) is 3.79. The van der Waals surface area contributed by atoms with E-state index < -0.39 is 28.1 Å². The third-order valence-corrected chi connectivity index (χ3v) is 5.25. The Morgan fingerprint density at radius 3 is 2.12 bits per heavy atom. The summed E-state index contributed by atoms with van der Waals surface area (Å²) >= 11 is 0. The van der Waals surface area contributed by atoms with Crippen LogP contribution in [0.1, 0.15) is 19.8 Å². The average Bonchev–Trinajstić information content (AvgIpc) is 2.60. The Morgan fingerprint density at radius 1 is 1.04 bits per heavy atom. The molecule has 134 valence electrons. The summed E-state index contributed by atoms with van der Waals surface area (Å²) in [5.74, 6) is -1.41. The van der Waals surface area contributed by atoms with E-state index in [1.165, 1.54) is 12.1 Å². The molecule has 0 aliphatic rings. The molecule has 0 fully saturated rings. The Labute approximate surface area is 147 Å². The number of hydrogen-bond acceptors (Lipinski definition) is 4. The molecule has 7 heteroatoms. The maximum atomic E-state index is 12.4. The number of hydrogen-bond donors (Lipinski definition) is 3. The Hall–Kier alpha value is -2.22. The van der Waals surface area contributed by atoms with Crippen LogP contribution >= 0.6 is 0 Å². The van der Waals surface area contributed by atoms with Gasteiger partial charge in [-0.3, -0.25) is 4.79 Å². The molecular weight excluding hydrogens is 342 g/mol. The van der Waals surface area contributed by atoms with Gasteiger partial charge in [-0.25, -0.2) is 8.42 Å².